The number of aromatic amines is 1. The Morgan fingerprint density at radius 3 is 2.22 bits per heavy atom. The third kappa shape index (κ3) is 4.37. The molecule has 0 saturated carbocycles. The fourth-order valence-electron chi connectivity index (χ4n) is 0.377. The molecule has 0 aliphatic rings. The Bertz CT molecular complexity index is 183. The lowest BCUT2D eigenvalue weighted by molar-refractivity contribution is 0.824. The summed E-state index contributed by atoms with van der Waals surface area (Å²) < 4.78 is 0.780. The van der Waals surface area contributed by atoms with Crippen LogP contribution < -0.4 is 0 Å². The second-order valence-electron chi connectivity index (χ2n) is 1.23. The summed E-state index contributed by atoms with van der Waals surface area (Å²) in [6, 6.07) is 5.64. The summed E-state index contributed by atoms with van der Waals surface area (Å²) in [5.74, 6) is 0. The zero-order valence-corrected chi connectivity index (χ0v) is 6.77. The summed E-state index contributed by atoms with van der Waals surface area (Å²) in [6.45, 7) is 0. The Morgan fingerprint density at radius 2 is 2.00 bits per heavy atom. The maximum Gasteiger partial charge on any atom is 0.103 e. The predicted molar refractivity (Wildman–Crippen MR) is 41.0 cm³/mol. The van der Waals surface area contributed by atoms with Crippen molar-refractivity contribution in [1.29, 1.82) is 0 Å². The Balaban J connectivity index is 0. The van der Waals surface area contributed by atoms with Gasteiger partial charge in [0, 0.05) is 23.6 Å². The Hall–Kier alpha value is -0.138. The van der Waals surface area contributed by atoms with Crippen molar-refractivity contribution in [3.8, 4) is 0 Å². The Kier molecular flexibility index (Phi) is 7.74. The number of hydrogen-bond acceptors (Lipinski definition) is 1. The third-order valence-corrected chi connectivity index (χ3v) is 0.934. The molecule has 0 atom stereocenters. The van der Waals surface area contributed by atoms with E-state index in [4.69, 9.17) is 12.2 Å². The van der Waals surface area contributed by atoms with Crippen molar-refractivity contribution in [2.45, 2.75) is 0 Å². The van der Waals surface area contributed by atoms with Crippen molar-refractivity contribution in [1.82, 2.24) is 4.98 Å². The average Bonchev–Trinajstić information content (AvgIpc) is 1.69. The van der Waals surface area contributed by atoms with Gasteiger partial charge in [0.05, 0.1) is 0 Å². The summed E-state index contributed by atoms with van der Waals surface area (Å²) in [5, 5.41) is 0. The fourth-order valence-corrected chi connectivity index (χ4v) is 0.523. The highest BCUT2D eigenvalue weighted by molar-refractivity contribution is 7.71. The minimum Gasteiger partial charge on any atom is -0.412 e. The zero-order valence-electron chi connectivity index (χ0n) is 4.79. The Morgan fingerprint density at radius 1 is 1.33 bits per heavy atom. The smallest absolute Gasteiger partial charge is 0.103 e. The van der Waals surface area contributed by atoms with E-state index in [0.29, 0.717) is 0 Å². The monoisotopic (exact) mass is 156 g/mol. The molecule has 0 fully saturated rings. The summed E-state index contributed by atoms with van der Waals surface area (Å²) in [4.78, 5) is 2.85. The van der Waals surface area contributed by atoms with Crippen molar-refractivity contribution >= 4 is 29.6 Å². The van der Waals surface area contributed by atoms with Gasteiger partial charge < -0.3 is 10.5 Å². The van der Waals surface area contributed by atoms with E-state index in [0.717, 1.165) is 4.64 Å². The van der Waals surface area contributed by atoms with Gasteiger partial charge in [0.25, 0.3) is 0 Å². The molecule has 3 N–H and O–H groups in total. The summed E-state index contributed by atoms with van der Waals surface area (Å²) in [7, 11) is 0. The van der Waals surface area contributed by atoms with Crippen LogP contribution in [-0.4, -0.2) is 27.8 Å². The zero-order chi connectivity index (χ0) is 5.11. The van der Waals surface area contributed by atoms with E-state index in [9.17, 15) is 0 Å². The molecular weight excluding hydrogens is 149 g/mol. The maximum absolute atomic E-state index is 4.76. The first kappa shape index (κ1) is 11.6. The molecule has 1 rings (SSSR count). The van der Waals surface area contributed by atoms with Gasteiger partial charge in [0.15, 0.2) is 0 Å². The average molecular weight is 156 g/mol. The van der Waals surface area contributed by atoms with Crippen LogP contribution in [-0.2, 0) is 0 Å². The van der Waals surface area contributed by atoms with Crippen molar-refractivity contribution < 1.29 is 5.48 Å². The highest BCUT2D eigenvalue weighted by Gasteiger charge is 1.65. The first-order chi connectivity index (χ1) is 3.39. The van der Waals surface area contributed by atoms with E-state index in [1.54, 1.807) is 0 Å². The minimum absolute atomic E-state index is 0. The highest BCUT2D eigenvalue weighted by Crippen LogP contribution is 1.80. The fraction of sp³-hybridized carbons (Fsp3) is 0. The van der Waals surface area contributed by atoms with Crippen LogP contribution in [0.3, 0.4) is 0 Å². The maximum atomic E-state index is 4.76. The first-order valence-electron chi connectivity index (χ1n) is 2.03. The molecule has 1 aromatic heterocycles. The van der Waals surface area contributed by atoms with Crippen LogP contribution in [0.2, 0.25) is 0 Å². The molecule has 47 valence electrons. The number of H-pyrrole nitrogens is 1. The standard InChI is InChI=1S/C5H5NS.Al.H2O/c7-5-3-1-2-4-6-5;;/h1-4H,(H,6,7);;1H2. The van der Waals surface area contributed by atoms with Crippen LogP contribution in [0.5, 0.6) is 0 Å². The van der Waals surface area contributed by atoms with E-state index in [1.807, 2.05) is 24.4 Å². The van der Waals surface area contributed by atoms with Crippen molar-refractivity contribution in [2.24, 2.45) is 0 Å². The third-order valence-electron chi connectivity index (χ3n) is 0.681. The van der Waals surface area contributed by atoms with Gasteiger partial charge >= 0.3 is 0 Å². The summed E-state index contributed by atoms with van der Waals surface area (Å²) in [6.07, 6.45) is 1.81. The van der Waals surface area contributed by atoms with Crippen molar-refractivity contribution in [2.75, 3.05) is 0 Å². The second-order valence-corrected chi connectivity index (χ2v) is 1.67. The quantitative estimate of drug-likeness (QED) is 0.432. The van der Waals surface area contributed by atoms with E-state index >= 15 is 0 Å². The molecule has 0 amide bonds. The van der Waals surface area contributed by atoms with E-state index < -0.39 is 0 Å². The molecule has 9 heavy (non-hydrogen) atoms. The summed E-state index contributed by atoms with van der Waals surface area (Å²) >= 11 is 4.76. The molecule has 0 aliphatic carbocycles. The van der Waals surface area contributed by atoms with Gasteiger partial charge in [-0.2, -0.15) is 0 Å². The molecule has 0 unspecified atom stereocenters. The van der Waals surface area contributed by atoms with E-state index in [1.165, 1.54) is 0 Å². The van der Waals surface area contributed by atoms with Crippen LogP contribution in [0.15, 0.2) is 24.4 Å². The highest BCUT2D eigenvalue weighted by atomic mass is 32.1. The van der Waals surface area contributed by atoms with E-state index in [2.05, 4.69) is 4.98 Å². The van der Waals surface area contributed by atoms with Crippen molar-refractivity contribution in [3.63, 3.8) is 0 Å². The SMILES string of the molecule is O.S=c1cccc[nH]1.[Al]. The molecule has 1 aromatic rings. The molecule has 4 heteroatoms. The van der Waals surface area contributed by atoms with Crippen molar-refractivity contribution in [3.05, 3.63) is 29.0 Å². The summed E-state index contributed by atoms with van der Waals surface area (Å²) in [5.41, 5.74) is 0. The van der Waals surface area contributed by atoms with Crippen LogP contribution >= 0.6 is 12.2 Å². The Labute approximate surface area is 69.4 Å². The lowest BCUT2D eigenvalue weighted by atomic mass is 10.5. The second kappa shape index (κ2) is 5.99. The molecule has 0 aromatic carbocycles. The molecule has 2 nitrogen and oxygen atoms in total. The number of hydrogen-bond donors (Lipinski definition) is 1. The van der Waals surface area contributed by atoms with Gasteiger partial charge in [-0.05, 0) is 12.1 Å². The molecule has 0 saturated heterocycles. The van der Waals surface area contributed by atoms with E-state index in [-0.39, 0.29) is 22.8 Å². The predicted octanol–water partition coefficient (Wildman–Crippen LogP) is 0.539. The van der Waals surface area contributed by atoms with Gasteiger partial charge in [-0.3, -0.25) is 0 Å². The van der Waals surface area contributed by atoms with Gasteiger partial charge in [-0.25, -0.2) is 0 Å². The topological polar surface area (TPSA) is 47.3 Å². The van der Waals surface area contributed by atoms with Gasteiger partial charge in [-0.1, -0.05) is 18.3 Å². The number of aromatic nitrogens is 1. The van der Waals surface area contributed by atoms with Gasteiger partial charge in [0.1, 0.15) is 4.64 Å². The lowest BCUT2D eigenvalue weighted by Crippen LogP contribution is -1.64. The number of pyridine rings is 1. The molecule has 0 aliphatic heterocycles. The van der Waals surface area contributed by atoms with Gasteiger partial charge in [-0.15, -0.1) is 0 Å². The number of rotatable bonds is 0. The van der Waals surface area contributed by atoms with Crippen LogP contribution in [0.1, 0.15) is 0 Å². The minimum atomic E-state index is 0. The van der Waals surface area contributed by atoms with Crippen LogP contribution in [0.25, 0.3) is 0 Å². The van der Waals surface area contributed by atoms with Gasteiger partial charge in [0.2, 0.25) is 0 Å². The molecule has 3 radical (unpaired) electrons. The molecular formula is C5H7AlNOS. The van der Waals surface area contributed by atoms with Crippen LogP contribution in [0, 0.1) is 4.64 Å². The van der Waals surface area contributed by atoms with Crippen LogP contribution in [0.4, 0.5) is 0 Å². The molecule has 1 heterocycles. The largest absolute Gasteiger partial charge is 0.412 e. The first-order valence-corrected chi connectivity index (χ1v) is 2.44. The molecule has 0 spiro atoms. The number of nitrogens with one attached hydrogen (secondary N) is 1. The lowest BCUT2D eigenvalue weighted by Gasteiger charge is -1.76. The normalized spacial score (nSPS) is 6.67. The molecule has 0 bridgehead atoms.